The van der Waals surface area contributed by atoms with Gasteiger partial charge in [0.05, 0.1) is 21.4 Å². The van der Waals surface area contributed by atoms with E-state index < -0.39 is 5.41 Å². The molecule has 39 heavy (non-hydrogen) atoms. The molecule has 0 aliphatic carbocycles. The molecule has 204 valence electrons. The van der Waals surface area contributed by atoms with Crippen LogP contribution >= 0.6 is 23.2 Å². The van der Waals surface area contributed by atoms with Gasteiger partial charge in [0.2, 0.25) is 12.3 Å². The number of aromatic nitrogens is 2. The van der Waals surface area contributed by atoms with Crippen LogP contribution < -0.4 is 15.5 Å². The quantitative estimate of drug-likeness (QED) is 0.209. The first-order valence-electron chi connectivity index (χ1n) is 12.3. The molecule has 0 aliphatic heterocycles. The van der Waals surface area contributed by atoms with Crippen LogP contribution in [0.4, 0.5) is 28.6 Å². The SMILES string of the molecule is CCN(CC)c1ccc(/N=N/c2c(C#N)c(C(C)(C)C)nn2-c2c(Cl)cc(NC=O)cc2Cl)c(NC(C)=O)c1. The number of carbonyl (C=O) groups is 2. The number of carbonyl (C=O) groups excluding carboxylic acids is 2. The molecule has 2 N–H and O–H groups in total. The Morgan fingerprint density at radius 2 is 1.79 bits per heavy atom. The Morgan fingerprint density at radius 1 is 1.15 bits per heavy atom. The summed E-state index contributed by atoms with van der Waals surface area (Å²) < 4.78 is 1.38. The zero-order chi connectivity index (χ0) is 28.9. The third-order valence-corrected chi connectivity index (χ3v) is 6.39. The summed E-state index contributed by atoms with van der Waals surface area (Å²) in [4.78, 5) is 25.0. The van der Waals surface area contributed by atoms with Crippen LogP contribution in [0.25, 0.3) is 5.69 Å². The second-order valence-corrected chi connectivity index (χ2v) is 10.4. The Morgan fingerprint density at radius 3 is 2.31 bits per heavy atom. The highest BCUT2D eigenvalue weighted by Gasteiger charge is 2.29. The van der Waals surface area contributed by atoms with Crippen molar-refractivity contribution in [3.63, 3.8) is 0 Å². The van der Waals surface area contributed by atoms with Gasteiger partial charge >= 0.3 is 0 Å². The molecule has 0 saturated heterocycles. The number of hydrogen-bond donors (Lipinski definition) is 2. The summed E-state index contributed by atoms with van der Waals surface area (Å²) in [6.07, 6.45) is 0.513. The third-order valence-electron chi connectivity index (χ3n) is 5.81. The maximum atomic E-state index is 12.0. The number of azo groups is 1. The molecule has 0 unspecified atom stereocenters. The average Bonchev–Trinajstić information content (AvgIpc) is 3.22. The van der Waals surface area contributed by atoms with E-state index in [0.29, 0.717) is 29.2 Å². The number of nitrogens with one attached hydrogen (secondary N) is 2. The van der Waals surface area contributed by atoms with E-state index in [1.54, 1.807) is 6.07 Å². The highest BCUT2D eigenvalue weighted by molar-refractivity contribution is 6.38. The van der Waals surface area contributed by atoms with Crippen LogP contribution in [-0.2, 0) is 15.0 Å². The van der Waals surface area contributed by atoms with Crippen molar-refractivity contribution in [2.45, 2.75) is 47.0 Å². The summed E-state index contributed by atoms with van der Waals surface area (Å²) in [5.41, 5.74) is 2.59. The molecule has 1 heterocycles. The lowest BCUT2D eigenvalue weighted by atomic mass is 9.90. The molecule has 12 heteroatoms. The van der Waals surface area contributed by atoms with Crippen molar-refractivity contribution in [1.29, 1.82) is 5.26 Å². The van der Waals surface area contributed by atoms with E-state index in [9.17, 15) is 14.9 Å². The molecule has 0 spiro atoms. The van der Waals surface area contributed by atoms with Crippen molar-refractivity contribution in [2.24, 2.45) is 10.2 Å². The van der Waals surface area contributed by atoms with E-state index in [-0.39, 0.29) is 33.0 Å². The first-order valence-corrected chi connectivity index (χ1v) is 13.0. The van der Waals surface area contributed by atoms with Crippen LogP contribution in [-0.4, -0.2) is 35.2 Å². The molecule has 10 nitrogen and oxygen atoms in total. The first-order chi connectivity index (χ1) is 18.4. The fraction of sp³-hybridized carbons (Fsp3) is 0.333. The number of halogens is 2. The lowest BCUT2D eigenvalue weighted by molar-refractivity contribution is -0.114. The van der Waals surface area contributed by atoms with Gasteiger partial charge in [-0.15, -0.1) is 10.2 Å². The minimum atomic E-state index is -0.523. The number of benzene rings is 2. The van der Waals surface area contributed by atoms with Gasteiger partial charge in [0.15, 0.2) is 5.82 Å². The van der Waals surface area contributed by atoms with E-state index in [4.69, 9.17) is 23.2 Å². The van der Waals surface area contributed by atoms with Crippen LogP contribution in [0.15, 0.2) is 40.6 Å². The number of hydrogen-bond acceptors (Lipinski definition) is 7. The molecule has 0 radical (unpaired) electrons. The molecule has 0 fully saturated rings. The van der Waals surface area contributed by atoms with Crippen molar-refractivity contribution in [2.75, 3.05) is 28.6 Å². The number of amides is 2. The Kier molecular flexibility index (Phi) is 9.32. The van der Waals surface area contributed by atoms with Gasteiger partial charge in [-0.05, 0) is 44.2 Å². The van der Waals surface area contributed by atoms with Crippen LogP contribution in [0.3, 0.4) is 0 Å². The molecule has 2 aromatic carbocycles. The van der Waals surface area contributed by atoms with Crippen LogP contribution in [0, 0.1) is 11.3 Å². The number of rotatable bonds is 9. The summed E-state index contributed by atoms with van der Waals surface area (Å²) in [5.74, 6) is -0.146. The largest absolute Gasteiger partial charge is 0.372 e. The van der Waals surface area contributed by atoms with E-state index in [1.807, 2.05) is 46.8 Å². The smallest absolute Gasteiger partial charge is 0.221 e. The van der Waals surface area contributed by atoms with E-state index >= 15 is 0 Å². The normalized spacial score (nSPS) is 11.4. The minimum absolute atomic E-state index is 0.115. The fourth-order valence-corrected chi connectivity index (χ4v) is 4.64. The number of anilines is 3. The van der Waals surface area contributed by atoms with Crippen LogP contribution in [0.5, 0.6) is 0 Å². The molecule has 3 rings (SSSR count). The molecule has 0 atom stereocenters. The van der Waals surface area contributed by atoms with Crippen molar-refractivity contribution in [3.8, 4) is 11.8 Å². The van der Waals surface area contributed by atoms with Gasteiger partial charge in [0.1, 0.15) is 23.0 Å². The third kappa shape index (κ3) is 6.56. The lowest BCUT2D eigenvalue weighted by Crippen LogP contribution is -2.21. The predicted octanol–water partition coefficient (Wildman–Crippen LogP) is 7.14. The van der Waals surface area contributed by atoms with E-state index in [2.05, 4.69) is 36.9 Å². The maximum absolute atomic E-state index is 12.0. The summed E-state index contributed by atoms with van der Waals surface area (Å²) in [5, 5.41) is 29.3. The topological polar surface area (TPSA) is 128 Å². The first kappa shape index (κ1) is 29.6. The fourth-order valence-electron chi connectivity index (χ4n) is 3.99. The monoisotopic (exact) mass is 568 g/mol. The highest BCUT2D eigenvalue weighted by atomic mass is 35.5. The molecule has 1 aromatic heterocycles. The molecule has 3 aromatic rings. The van der Waals surface area contributed by atoms with Gasteiger partial charge in [-0.2, -0.15) is 10.4 Å². The van der Waals surface area contributed by atoms with Gasteiger partial charge in [-0.1, -0.05) is 44.0 Å². The predicted molar refractivity (Wildman–Crippen MR) is 155 cm³/mol. The Hall–Kier alpha value is -3.94. The second kappa shape index (κ2) is 12.3. The van der Waals surface area contributed by atoms with Gasteiger partial charge in [-0.25, -0.2) is 4.68 Å². The summed E-state index contributed by atoms with van der Waals surface area (Å²) >= 11 is 13.1. The molecular formula is C27H30Cl2N8O2. The molecule has 0 aliphatic rings. The zero-order valence-corrected chi connectivity index (χ0v) is 24.1. The van der Waals surface area contributed by atoms with E-state index in [1.165, 1.54) is 23.7 Å². The van der Waals surface area contributed by atoms with Gasteiger partial charge in [0, 0.05) is 36.8 Å². The standard InChI is InChI=1S/C27H30Cl2N8O2/c1-7-36(8-2)18-9-10-22(23(13-18)32-16(3)39)33-34-26-19(14-30)25(27(4,5)6)35-37(26)24-20(28)11-17(31-15-38)12-21(24)29/h9-13,15H,7-8H2,1-6H3,(H,31,38)(H,32,39)/b34-33+. The summed E-state index contributed by atoms with van der Waals surface area (Å²) in [6.45, 7) is 12.8. The van der Waals surface area contributed by atoms with Crippen molar-refractivity contribution in [3.05, 3.63) is 51.6 Å². The minimum Gasteiger partial charge on any atom is -0.372 e. The second-order valence-electron chi connectivity index (χ2n) is 9.63. The van der Waals surface area contributed by atoms with E-state index in [0.717, 1.165) is 18.8 Å². The zero-order valence-electron chi connectivity index (χ0n) is 22.6. The summed E-state index contributed by atoms with van der Waals surface area (Å²) in [7, 11) is 0. The number of nitrogens with zero attached hydrogens (tertiary/aromatic N) is 6. The van der Waals surface area contributed by atoms with Crippen molar-refractivity contribution in [1.82, 2.24) is 9.78 Å². The lowest BCUT2D eigenvalue weighted by Gasteiger charge is -2.22. The van der Waals surface area contributed by atoms with Crippen molar-refractivity contribution < 1.29 is 9.59 Å². The molecule has 2 amide bonds. The van der Waals surface area contributed by atoms with Crippen LogP contribution in [0.1, 0.15) is 52.8 Å². The Labute approximate surface area is 237 Å². The van der Waals surface area contributed by atoms with Crippen LogP contribution in [0.2, 0.25) is 10.0 Å². The molecule has 0 saturated carbocycles. The molecular weight excluding hydrogens is 539 g/mol. The number of nitriles is 1. The van der Waals surface area contributed by atoms with Gasteiger partial charge < -0.3 is 15.5 Å². The van der Waals surface area contributed by atoms with Gasteiger partial charge in [0.25, 0.3) is 0 Å². The molecule has 0 bridgehead atoms. The highest BCUT2D eigenvalue weighted by Crippen LogP contribution is 2.40. The maximum Gasteiger partial charge on any atom is 0.221 e. The summed E-state index contributed by atoms with van der Waals surface area (Å²) in [6, 6.07) is 10.7. The van der Waals surface area contributed by atoms with Crippen molar-refractivity contribution >= 4 is 64.1 Å². The Bertz CT molecular complexity index is 1440. The Balaban J connectivity index is 2.25. The average molecular weight is 569 g/mol. The van der Waals surface area contributed by atoms with Gasteiger partial charge in [-0.3, -0.25) is 9.59 Å².